The SMILES string of the molecule is CCNc1cc([N+](=O)[O-])cc(-c2cc(Br)ccc2F)n1. The number of anilines is 1. The predicted octanol–water partition coefficient (Wildman–Crippen LogP) is 3.99. The molecule has 7 heteroatoms. The minimum Gasteiger partial charge on any atom is -0.370 e. The molecule has 0 unspecified atom stereocenters. The third kappa shape index (κ3) is 3.11. The van der Waals surface area contributed by atoms with Gasteiger partial charge < -0.3 is 5.32 Å². The molecule has 2 aromatic rings. The maximum atomic E-state index is 13.9. The lowest BCUT2D eigenvalue weighted by molar-refractivity contribution is -0.384. The molecule has 1 heterocycles. The average Bonchev–Trinajstić information content (AvgIpc) is 2.41. The number of aromatic nitrogens is 1. The molecule has 1 aromatic heterocycles. The van der Waals surface area contributed by atoms with Crippen LogP contribution in [0.3, 0.4) is 0 Å². The molecule has 1 aromatic carbocycles. The fourth-order valence-electron chi connectivity index (χ4n) is 1.72. The highest BCUT2D eigenvalue weighted by Crippen LogP contribution is 2.29. The fraction of sp³-hybridized carbons (Fsp3) is 0.154. The molecule has 104 valence electrons. The van der Waals surface area contributed by atoms with Gasteiger partial charge in [0.25, 0.3) is 5.69 Å². The molecule has 5 nitrogen and oxygen atoms in total. The molecule has 2 rings (SSSR count). The molecule has 0 fully saturated rings. The van der Waals surface area contributed by atoms with Crippen LogP contribution in [0.1, 0.15) is 6.92 Å². The molecular formula is C13H11BrFN3O2. The Kier molecular flexibility index (Phi) is 4.29. The van der Waals surface area contributed by atoms with Crippen LogP contribution >= 0.6 is 15.9 Å². The molecular weight excluding hydrogens is 329 g/mol. The lowest BCUT2D eigenvalue weighted by Gasteiger charge is -2.07. The number of nitrogens with one attached hydrogen (secondary N) is 1. The van der Waals surface area contributed by atoms with E-state index in [4.69, 9.17) is 0 Å². The van der Waals surface area contributed by atoms with Crippen molar-refractivity contribution in [2.24, 2.45) is 0 Å². The quantitative estimate of drug-likeness (QED) is 0.675. The van der Waals surface area contributed by atoms with Crippen LogP contribution in [0.25, 0.3) is 11.3 Å². The lowest BCUT2D eigenvalue weighted by atomic mass is 10.1. The minimum absolute atomic E-state index is 0.134. The van der Waals surface area contributed by atoms with Crippen molar-refractivity contribution in [3.8, 4) is 11.3 Å². The first kappa shape index (κ1) is 14.4. The van der Waals surface area contributed by atoms with Crippen molar-refractivity contribution in [1.29, 1.82) is 0 Å². The fourth-order valence-corrected chi connectivity index (χ4v) is 2.09. The molecule has 0 saturated carbocycles. The molecule has 0 atom stereocenters. The Balaban J connectivity index is 2.60. The molecule has 1 N–H and O–H groups in total. The van der Waals surface area contributed by atoms with Gasteiger partial charge in [0, 0.05) is 22.6 Å². The van der Waals surface area contributed by atoms with Crippen molar-refractivity contribution in [3.05, 3.63) is 50.7 Å². The largest absolute Gasteiger partial charge is 0.370 e. The van der Waals surface area contributed by atoms with Crippen LogP contribution in [-0.4, -0.2) is 16.5 Å². The summed E-state index contributed by atoms with van der Waals surface area (Å²) in [5.41, 5.74) is 0.293. The van der Waals surface area contributed by atoms with Crippen LogP contribution in [0.2, 0.25) is 0 Å². The number of hydrogen-bond acceptors (Lipinski definition) is 4. The van der Waals surface area contributed by atoms with Gasteiger partial charge in [-0.05, 0) is 25.1 Å². The normalized spacial score (nSPS) is 10.3. The summed E-state index contributed by atoms with van der Waals surface area (Å²) < 4.78 is 14.5. The number of nitrogens with zero attached hydrogens (tertiary/aromatic N) is 2. The highest BCUT2D eigenvalue weighted by atomic mass is 79.9. The van der Waals surface area contributed by atoms with E-state index >= 15 is 0 Å². The van der Waals surface area contributed by atoms with Crippen molar-refractivity contribution in [1.82, 2.24) is 4.98 Å². The zero-order valence-corrected chi connectivity index (χ0v) is 12.1. The summed E-state index contributed by atoms with van der Waals surface area (Å²) in [4.78, 5) is 14.6. The predicted molar refractivity (Wildman–Crippen MR) is 78.1 cm³/mol. The van der Waals surface area contributed by atoms with E-state index in [-0.39, 0.29) is 16.9 Å². The van der Waals surface area contributed by atoms with Gasteiger partial charge in [-0.3, -0.25) is 10.1 Å². The maximum absolute atomic E-state index is 13.9. The summed E-state index contributed by atoms with van der Waals surface area (Å²) in [6.45, 7) is 2.41. The van der Waals surface area contributed by atoms with Gasteiger partial charge in [0.15, 0.2) is 0 Å². The topological polar surface area (TPSA) is 68.1 Å². The minimum atomic E-state index is -0.526. The Hall–Kier alpha value is -2.02. The molecule has 20 heavy (non-hydrogen) atoms. The third-order valence-electron chi connectivity index (χ3n) is 2.58. The van der Waals surface area contributed by atoms with Crippen LogP contribution in [0, 0.1) is 15.9 Å². The second-order valence-electron chi connectivity index (χ2n) is 4.01. The van der Waals surface area contributed by atoms with Crippen molar-refractivity contribution in [2.75, 3.05) is 11.9 Å². The number of hydrogen-bond donors (Lipinski definition) is 1. The van der Waals surface area contributed by atoms with Crippen LogP contribution in [0.15, 0.2) is 34.8 Å². The summed E-state index contributed by atoms with van der Waals surface area (Å²) in [5, 5.41) is 13.8. The first-order valence-electron chi connectivity index (χ1n) is 5.87. The van der Waals surface area contributed by atoms with Gasteiger partial charge >= 0.3 is 0 Å². The number of nitro groups is 1. The molecule has 0 radical (unpaired) electrons. The van der Waals surface area contributed by atoms with Crippen molar-refractivity contribution >= 4 is 27.4 Å². The standard InChI is InChI=1S/C13H11BrFN3O2/c1-2-16-13-7-9(18(19)20)6-12(17-13)10-5-8(14)3-4-11(10)15/h3-7H,2H2,1H3,(H,16,17). The Morgan fingerprint density at radius 2 is 2.15 bits per heavy atom. The average molecular weight is 340 g/mol. The first-order valence-corrected chi connectivity index (χ1v) is 6.66. The number of rotatable bonds is 4. The summed E-state index contributed by atoms with van der Waals surface area (Å²) in [7, 11) is 0. The van der Waals surface area contributed by atoms with Gasteiger partial charge in [0.2, 0.25) is 0 Å². The Morgan fingerprint density at radius 1 is 1.40 bits per heavy atom. The van der Waals surface area contributed by atoms with E-state index in [1.54, 1.807) is 6.07 Å². The van der Waals surface area contributed by atoms with Crippen molar-refractivity contribution in [3.63, 3.8) is 0 Å². The van der Waals surface area contributed by atoms with Gasteiger partial charge in [-0.15, -0.1) is 0 Å². The van der Waals surface area contributed by atoms with Gasteiger partial charge in [0.1, 0.15) is 11.6 Å². The Morgan fingerprint density at radius 3 is 2.80 bits per heavy atom. The van der Waals surface area contributed by atoms with E-state index in [1.165, 1.54) is 24.3 Å². The monoisotopic (exact) mass is 339 g/mol. The second kappa shape index (κ2) is 5.96. The van der Waals surface area contributed by atoms with E-state index in [1.807, 2.05) is 6.92 Å². The van der Waals surface area contributed by atoms with E-state index < -0.39 is 10.7 Å². The zero-order valence-electron chi connectivity index (χ0n) is 10.6. The van der Waals surface area contributed by atoms with Crippen molar-refractivity contribution in [2.45, 2.75) is 6.92 Å². The van der Waals surface area contributed by atoms with E-state index in [2.05, 4.69) is 26.2 Å². The third-order valence-corrected chi connectivity index (χ3v) is 3.08. The number of benzene rings is 1. The van der Waals surface area contributed by atoms with Crippen LogP contribution in [0.4, 0.5) is 15.9 Å². The summed E-state index contributed by atoms with van der Waals surface area (Å²) in [5.74, 6) is -0.139. The first-order chi connectivity index (χ1) is 9.51. The highest BCUT2D eigenvalue weighted by Gasteiger charge is 2.15. The highest BCUT2D eigenvalue weighted by molar-refractivity contribution is 9.10. The van der Waals surface area contributed by atoms with Crippen molar-refractivity contribution < 1.29 is 9.31 Å². The van der Waals surface area contributed by atoms with Gasteiger partial charge in [-0.25, -0.2) is 9.37 Å². The zero-order chi connectivity index (χ0) is 14.7. The van der Waals surface area contributed by atoms with E-state index in [9.17, 15) is 14.5 Å². The molecule has 0 aliphatic carbocycles. The Labute approximate surface area is 123 Å². The van der Waals surface area contributed by atoms with Gasteiger partial charge in [-0.2, -0.15) is 0 Å². The molecule has 0 saturated heterocycles. The second-order valence-corrected chi connectivity index (χ2v) is 4.92. The summed E-state index contributed by atoms with van der Waals surface area (Å²) in [6.07, 6.45) is 0. The molecule has 0 spiro atoms. The molecule has 0 aliphatic rings. The Bertz CT molecular complexity index is 664. The van der Waals surface area contributed by atoms with E-state index in [0.29, 0.717) is 16.8 Å². The van der Waals surface area contributed by atoms with Gasteiger partial charge in [0.05, 0.1) is 16.7 Å². The van der Waals surface area contributed by atoms with E-state index in [0.717, 1.165) is 0 Å². The number of pyridine rings is 1. The molecule has 0 amide bonds. The smallest absolute Gasteiger partial charge is 0.275 e. The lowest BCUT2D eigenvalue weighted by Crippen LogP contribution is -2.02. The molecule has 0 bridgehead atoms. The van der Waals surface area contributed by atoms with Crippen LogP contribution in [-0.2, 0) is 0 Å². The molecule has 0 aliphatic heterocycles. The number of halogens is 2. The van der Waals surface area contributed by atoms with Gasteiger partial charge in [-0.1, -0.05) is 15.9 Å². The summed E-state index contributed by atoms with van der Waals surface area (Å²) in [6, 6.07) is 6.96. The van der Waals surface area contributed by atoms with Crippen LogP contribution in [0.5, 0.6) is 0 Å². The maximum Gasteiger partial charge on any atom is 0.275 e. The van der Waals surface area contributed by atoms with Crippen LogP contribution < -0.4 is 5.32 Å². The summed E-state index contributed by atoms with van der Waals surface area (Å²) >= 11 is 3.25.